The molecule has 19 heavy (non-hydrogen) atoms. The summed E-state index contributed by atoms with van der Waals surface area (Å²) in [5, 5.41) is 4.10. The van der Waals surface area contributed by atoms with Gasteiger partial charge in [-0.15, -0.1) is 0 Å². The van der Waals surface area contributed by atoms with Crippen molar-refractivity contribution in [1.82, 2.24) is 14.8 Å². The van der Waals surface area contributed by atoms with Crippen molar-refractivity contribution in [3.63, 3.8) is 0 Å². The van der Waals surface area contributed by atoms with Crippen molar-refractivity contribution in [2.24, 2.45) is 0 Å². The Labute approximate surface area is 110 Å². The van der Waals surface area contributed by atoms with E-state index in [1.807, 2.05) is 13.0 Å². The van der Waals surface area contributed by atoms with Gasteiger partial charge >= 0.3 is 0 Å². The number of hydrogen-bond acceptors (Lipinski definition) is 3. The number of ether oxygens (including phenoxy) is 1. The first-order valence-corrected chi connectivity index (χ1v) is 5.85. The number of nitrogens with one attached hydrogen (secondary N) is 1. The third-order valence-corrected chi connectivity index (χ3v) is 2.54. The molecule has 98 valence electrons. The van der Waals surface area contributed by atoms with Gasteiger partial charge in [0.25, 0.3) is 0 Å². The van der Waals surface area contributed by atoms with Crippen LogP contribution < -0.4 is 5.43 Å². The Morgan fingerprint density at radius 3 is 2.89 bits per heavy atom. The van der Waals surface area contributed by atoms with Gasteiger partial charge in [-0.3, -0.25) is 4.79 Å². The van der Waals surface area contributed by atoms with Gasteiger partial charge in [0.1, 0.15) is 5.82 Å². The van der Waals surface area contributed by atoms with Crippen molar-refractivity contribution in [3.8, 4) is 5.82 Å². The zero-order chi connectivity index (χ0) is 13.7. The molecule has 0 saturated heterocycles. The highest BCUT2D eigenvalue weighted by atomic mass is 16.5. The number of hydrogen-bond donors (Lipinski definition) is 1. The van der Waals surface area contributed by atoms with E-state index in [0.29, 0.717) is 17.1 Å². The van der Waals surface area contributed by atoms with E-state index in [1.54, 1.807) is 42.4 Å². The van der Waals surface area contributed by atoms with Gasteiger partial charge < -0.3 is 9.72 Å². The highest BCUT2D eigenvalue weighted by Gasteiger charge is 2.06. The molecule has 0 saturated carbocycles. The zero-order valence-electron chi connectivity index (χ0n) is 10.8. The van der Waals surface area contributed by atoms with E-state index in [2.05, 4.69) is 10.1 Å². The van der Waals surface area contributed by atoms with Crippen LogP contribution in [0.3, 0.4) is 0 Å². The molecular formula is C14H15N3O2. The smallest absolute Gasteiger partial charge is 0.191 e. The van der Waals surface area contributed by atoms with E-state index in [4.69, 9.17) is 4.74 Å². The molecular weight excluding hydrogens is 242 g/mol. The highest BCUT2D eigenvalue weighted by molar-refractivity contribution is 5.62. The molecule has 0 aliphatic heterocycles. The lowest BCUT2D eigenvalue weighted by Gasteiger charge is -2.06. The SMILES string of the molecule is C/C=C\c1c(/C=C/OC)[nH]c(-n2cccn2)cc1=O. The Morgan fingerprint density at radius 2 is 2.26 bits per heavy atom. The Bertz CT molecular complexity index is 652. The highest BCUT2D eigenvalue weighted by Crippen LogP contribution is 2.10. The summed E-state index contributed by atoms with van der Waals surface area (Å²) in [6, 6.07) is 3.31. The summed E-state index contributed by atoms with van der Waals surface area (Å²) in [6.45, 7) is 1.87. The van der Waals surface area contributed by atoms with E-state index in [0.717, 1.165) is 0 Å². The summed E-state index contributed by atoms with van der Waals surface area (Å²) in [4.78, 5) is 15.3. The summed E-state index contributed by atoms with van der Waals surface area (Å²) < 4.78 is 6.50. The monoisotopic (exact) mass is 257 g/mol. The topological polar surface area (TPSA) is 59.9 Å². The normalized spacial score (nSPS) is 11.5. The summed E-state index contributed by atoms with van der Waals surface area (Å²) in [5.74, 6) is 0.610. The third kappa shape index (κ3) is 2.82. The van der Waals surface area contributed by atoms with E-state index < -0.39 is 0 Å². The van der Waals surface area contributed by atoms with Gasteiger partial charge in [0.15, 0.2) is 5.43 Å². The number of methoxy groups -OCH3 is 1. The molecule has 0 unspecified atom stereocenters. The fourth-order valence-corrected chi connectivity index (χ4v) is 1.72. The summed E-state index contributed by atoms with van der Waals surface area (Å²) >= 11 is 0. The van der Waals surface area contributed by atoms with Crippen LogP contribution in [0.15, 0.2) is 41.7 Å². The van der Waals surface area contributed by atoms with Crippen LogP contribution in [0.4, 0.5) is 0 Å². The van der Waals surface area contributed by atoms with Crippen molar-refractivity contribution in [3.05, 3.63) is 58.3 Å². The molecule has 0 fully saturated rings. The second-order valence-corrected chi connectivity index (χ2v) is 3.84. The van der Waals surface area contributed by atoms with Gasteiger partial charge in [-0.25, -0.2) is 4.68 Å². The average Bonchev–Trinajstić information content (AvgIpc) is 2.93. The number of aromatic amines is 1. The minimum Gasteiger partial charge on any atom is -0.504 e. The lowest BCUT2D eigenvalue weighted by molar-refractivity contribution is 0.341. The minimum absolute atomic E-state index is 0.0712. The van der Waals surface area contributed by atoms with Crippen LogP contribution in [0.2, 0.25) is 0 Å². The van der Waals surface area contributed by atoms with Gasteiger partial charge in [0.05, 0.1) is 19.1 Å². The standard InChI is InChI=1S/C14H15N3O2/c1-3-5-11-12(6-9-19-2)16-14(10-13(11)18)17-8-4-7-15-17/h3-10H,1-2H3,(H,16,18)/b5-3-,9-6+. The van der Waals surface area contributed by atoms with Crippen LogP contribution in [-0.2, 0) is 4.74 Å². The second kappa shape index (κ2) is 5.86. The van der Waals surface area contributed by atoms with Crippen LogP contribution in [0, 0.1) is 0 Å². The number of rotatable bonds is 4. The third-order valence-electron chi connectivity index (χ3n) is 2.54. The predicted molar refractivity (Wildman–Crippen MR) is 74.9 cm³/mol. The first-order chi connectivity index (χ1) is 9.26. The molecule has 0 amide bonds. The molecule has 2 rings (SSSR count). The van der Waals surface area contributed by atoms with E-state index in [-0.39, 0.29) is 5.43 Å². The molecule has 0 aliphatic rings. The predicted octanol–water partition coefficient (Wildman–Crippen LogP) is 2.21. The quantitative estimate of drug-likeness (QED) is 0.854. The molecule has 5 nitrogen and oxygen atoms in total. The molecule has 0 atom stereocenters. The first kappa shape index (κ1) is 12.9. The van der Waals surface area contributed by atoms with Crippen LogP contribution in [-0.4, -0.2) is 21.9 Å². The number of nitrogens with zero attached hydrogens (tertiary/aromatic N) is 2. The molecule has 0 radical (unpaired) electrons. The number of allylic oxidation sites excluding steroid dienone is 1. The lowest BCUT2D eigenvalue weighted by Crippen LogP contribution is -2.12. The molecule has 5 heteroatoms. The van der Waals surface area contributed by atoms with Gasteiger partial charge in [0.2, 0.25) is 0 Å². The molecule has 2 aromatic heterocycles. The van der Waals surface area contributed by atoms with Crippen molar-refractivity contribution >= 4 is 12.2 Å². The van der Waals surface area contributed by atoms with E-state index >= 15 is 0 Å². The fourth-order valence-electron chi connectivity index (χ4n) is 1.72. The molecule has 0 spiro atoms. The van der Waals surface area contributed by atoms with Gasteiger partial charge in [-0.05, 0) is 19.1 Å². The fraction of sp³-hybridized carbons (Fsp3) is 0.143. The second-order valence-electron chi connectivity index (χ2n) is 3.84. The summed E-state index contributed by atoms with van der Waals surface area (Å²) in [5.41, 5.74) is 1.20. The number of H-pyrrole nitrogens is 1. The maximum Gasteiger partial charge on any atom is 0.191 e. The largest absolute Gasteiger partial charge is 0.504 e. The van der Waals surface area contributed by atoms with Gasteiger partial charge in [-0.2, -0.15) is 5.10 Å². The molecule has 0 aliphatic carbocycles. The van der Waals surface area contributed by atoms with Crippen molar-refractivity contribution in [2.75, 3.05) is 7.11 Å². The van der Waals surface area contributed by atoms with E-state index in [9.17, 15) is 4.79 Å². The van der Waals surface area contributed by atoms with Crippen molar-refractivity contribution in [2.45, 2.75) is 6.92 Å². The van der Waals surface area contributed by atoms with Crippen molar-refractivity contribution < 1.29 is 4.74 Å². The van der Waals surface area contributed by atoms with Crippen LogP contribution in [0.25, 0.3) is 18.0 Å². The zero-order valence-corrected chi connectivity index (χ0v) is 10.8. The van der Waals surface area contributed by atoms with Gasteiger partial charge in [-0.1, -0.05) is 12.2 Å². The summed E-state index contributed by atoms with van der Waals surface area (Å²) in [6.07, 6.45) is 10.2. The van der Waals surface area contributed by atoms with Crippen LogP contribution >= 0.6 is 0 Å². The Hall–Kier alpha value is -2.56. The van der Waals surface area contributed by atoms with Crippen LogP contribution in [0.5, 0.6) is 0 Å². The molecule has 1 N–H and O–H groups in total. The molecule has 2 heterocycles. The Balaban J connectivity index is 2.60. The first-order valence-electron chi connectivity index (χ1n) is 5.85. The average molecular weight is 257 g/mol. The lowest BCUT2D eigenvalue weighted by atomic mass is 10.1. The van der Waals surface area contributed by atoms with Crippen molar-refractivity contribution in [1.29, 1.82) is 0 Å². The Morgan fingerprint density at radius 1 is 1.42 bits per heavy atom. The number of pyridine rings is 1. The van der Waals surface area contributed by atoms with Crippen LogP contribution in [0.1, 0.15) is 18.2 Å². The Kier molecular flexibility index (Phi) is 3.97. The number of aromatic nitrogens is 3. The molecule has 0 aromatic carbocycles. The molecule has 2 aromatic rings. The summed E-state index contributed by atoms with van der Waals surface area (Å²) in [7, 11) is 1.56. The van der Waals surface area contributed by atoms with E-state index in [1.165, 1.54) is 12.3 Å². The molecule has 0 bridgehead atoms. The maximum absolute atomic E-state index is 12.1. The maximum atomic E-state index is 12.1. The van der Waals surface area contributed by atoms with Gasteiger partial charge in [0, 0.05) is 24.0 Å². The minimum atomic E-state index is -0.0712.